The fourth-order valence-electron chi connectivity index (χ4n) is 2.01. The lowest BCUT2D eigenvalue weighted by atomic mass is 10.2. The number of nitrogens with one attached hydrogen (secondary N) is 2. The summed E-state index contributed by atoms with van der Waals surface area (Å²) in [4.78, 5) is 4.16. The molecule has 2 N–H and O–H groups in total. The lowest BCUT2D eigenvalue weighted by Crippen LogP contribution is -2.38. The fourth-order valence-corrected chi connectivity index (χ4v) is 2.01. The SMILES string of the molecule is CCOc1ccc(CNC(=NC)NC2CC2C)cc1F.I. The van der Waals surface area contributed by atoms with Crippen molar-refractivity contribution in [1.82, 2.24) is 10.6 Å². The van der Waals surface area contributed by atoms with Crippen LogP contribution in [0.5, 0.6) is 5.75 Å². The lowest BCUT2D eigenvalue weighted by molar-refractivity contribution is 0.321. The van der Waals surface area contributed by atoms with Crippen LogP contribution in [-0.2, 0) is 6.54 Å². The molecule has 21 heavy (non-hydrogen) atoms. The summed E-state index contributed by atoms with van der Waals surface area (Å²) in [6.45, 7) is 5.03. The molecule has 0 amide bonds. The Labute approximate surface area is 142 Å². The Balaban J connectivity index is 0.00000220. The van der Waals surface area contributed by atoms with Crippen molar-refractivity contribution in [2.45, 2.75) is 32.9 Å². The second-order valence-electron chi connectivity index (χ2n) is 5.09. The van der Waals surface area contributed by atoms with Gasteiger partial charge in [0.1, 0.15) is 0 Å². The quantitative estimate of drug-likeness (QED) is 0.448. The maximum Gasteiger partial charge on any atom is 0.191 e. The molecule has 1 saturated carbocycles. The number of ether oxygens (including phenoxy) is 1. The number of nitrogens with zero attached hydrogens (tertiary/aromatic N) is 1. The Morgan fingerprint density at radius 3 is 2.71 bits per heavy atom. The van der Waals surface area contributed by atoms with Crippen LogP contribution in [-0.4, -0.2) is 25.7 Å². The standard InChI is InChI=1S/C15H22FN3O.HI/c1-4-20-14-6-5-11(8-12(14)16)9-18-15(17-3)19-13-7-10(13)2;/h5-6,8,10,13H,4,7,9H2,1-3H3,(H2,17,18,19);1H. The van der Waals surface area contributed by atoms with Gasteiger partial charge in [-0.15, -0.1) is 24.0 Å². The van der Waals surface area contributed by atoms with E-state index < -0.39 is 0 Å². The molecule has 1 aromatic carbocycles. The molecule has 0 aromatic heterocycles. The number of aliphatic imine (C=N–C) groups is 1. The summed E-state index contributed by atoms with van der Waals surface area (Å²) < 4.78 is 18.9. The first-order valence-corrected chi connectivity index (χ1v) is 7.02. The maximum absolute atomic E-state index is 13.7. The molecule has 0 heterocycles. The van der Waals surface area contributed by atoms with Crippen molar-refractivity contribution in [1.29, 1.82) is 0 Å². The summed E-state index contributed by atoms with van der Waals surface area (Å²) in [6.07, 6.45) is 1.18. The second kappa shape index (κ2) is 8.41. The van der Waals surface area contributed by atoms with Gasteiger partial charge in [-0.25, -0.2) is 4.39 Å². The largest absolute Gasteiger partial charge is 0.491 e. The van der Waals surface area contributed by atoms with Crippen molar-refractivity contribution in [2.75, 3.05) is 13.7 Å². The Hall–Kier alpha value is -1.05. The lowest BCUT2D eigenvalue weighted by Gasteiger charge is -2.12. The summed E-state index contributed by atoms with van der Waals surface area (Å²) >= 11 is 0. The molecular formula is C15H23FIN3O. The summed E-state index contributed by atoms with van der Waals surface area (Å²) in [5, 5.41) is 6.52. The minimum atomic E-state index is -0.329. The predicted octanol–water partition coefficient (Wildman–Crippen LogP) is 2.92. The number of rotatable bonds is 5. The topological polar surface area (TPSA) is 45.6 Å². The predicted molar refractivity (Wildman–Crippen MR) is 93.9 cm³/mol. The van der Waals surface area contributed by atoms with Crippen LogP contribution in [0.2, 0.25) is 0 Å². The van der Waals surface area contributed by atoms with Gasteiger partial charge in [0, 0.05) is 19.6 Å². The van der Waals surface area contributed by atoms with Crippen LogP contribution >= 0.6 is 24.0 Å². The zero-order valence-corrected chi connectivity index (χ0v) is 15.0. The zero-order chi connectivity index (χ0) is 14.5. The normalized spacial score (nSPS) is 20.5. The van der Waals surface area contributed by atoms with E-state index in [1.54, 1.807) is 13.1 Å². The molecule has 2 atom stereocenters. The third-order valence-corrected chi connectivity index (χ3v) is 3.41. The molecule has 2 rings (SSSR count). The van der Waals surface area contributed by atoms with Crippen LogP contribution in [0, 0.1) is 11.7 Å². The van der Waals surface area contributed by atoms with Crippen molar-refractivity contribution in [3.05, 3.63) is 29.6 Å². The van der Waals surface area contributed by atoms with Crippen LogP contribution in [0.4, 0.5) is 4.39 Å². The first kappa shape index (κ1) is 18.0. The molecule has 0 aliphatic heterocycles. The summed E-state index contributed by atoms with van der Waals surface area (Å²) in [5.41, 5.74) is 0.859. The van der Waals surface area contributed by atoms with E-state index in [-0.39, 0.29) is 29.8 Å². The van der Waals surface area contributed by atoms with Crippen molar-refractivity contribution in [3.8, 4) is 5.75 Å². The number of hydrogen-bond acceptors (Lipinski definition) is 2. The summed E-state index contributed by atoms with van der Waals surface area (Å²) in [7, 11) is 1.74. The molecule has 1 aliphatic carbocycles. The average Bonchev–Trinajstić information content (AvgIpc) is 3.13. The van der Waals surface area contributed by atoms with Crippen LogP contribution in [0.3, 0.4) is 0 Å². The monoisotopic (exact) mass is 407 g/mol. The van der Waals surface area contributed by atoms with Crippen LogP contribution in [0.1, 0.15) is 25.8 Å². The van der Waals surface area contributed by atoms with E-state index in [1.165, 1.54) is 12.5 Å². The van der Waals surface area contributed by atoms with Gasteiger partial charge in [0.05, 0.1) is 6.61 Å². The molecule has 0 bridgehead atoms. The van der Waals surface area contributed by atoms with Crippen LogP contribution < -0.4 is 15.4 Å². The van der Waals surface area contributed by atoms with Gasteiger partial charge in [-0.05, 0) is 37.0 Å². The molecule has 0 radical (unpaired) electrons. The minimum absolute atomic E-state index is 0. The first-order valence-electron chi connectivity index (χ1n) is 7.02. The van der Waals surface area contributed by atoms with E-state index in [9.17, 15) is 4.39 Å². The Kier molecular flexibility index (Phi) is 7.21. The highest BCUT2D eigenvalue weighted by molar-refractivity contribution is 14.0. The average molecular weight is 407 g/mol. The molecule has 4 nitrogen and oxygen atoms in total. The Morgan fingerprint density at radius 1 is 1.48 bits per heavy atom. The summed E-state index contributed by atoms with van der Waals surface area (Å²) in [6, 6.07) is 5.52. The second-order valence-corrected chi connectivity index (χ2v) is 5.09. The molecule has 0 saturated heterocycles. The third-order valence-electron chi connectivity index (χ3n) is 3.41. The van der Waals surface area contributed by atoms with E-state index in [1.807, 2.05) is 13.0 Å². The minimum Gasteiger partial charge on any atom is -0.491 e. The highest BCUT2D eigenvalue weighted by Crippen LogP contribution is 2.28. The van der Waals surface area contributed by atoms with E-state index in [0.717, 1.165) is 11.5 Å². The zero-order valence-electron chi connectivity index (χ0n) is 12.6. The first-order chi connectivity index (χ1) is 9.63. The van der Waals surface area contributed by atoms with Gasteiger partial charge >= 0.3 is 0 Å². The summed E-state index contributed by atoms with van der Waals surface area (Å²) in [5.74, 6) is 1.43. The molecular weight excluding hydrogens is 384 g/mol. The van der Waals surface area contributed by atoms with Gasteiger partial charge in [-0.2, -0.15) is 0 Å². The van der Waals surface area contributed by atoms with Crippen LogP contribution in [0.25, 0.3) is 0 Å². The van der Waals surface area contributed by atoms with Gasteiger partial charge in [0.15, 0.2) is 17.5 Å². The molecule has 118 valence electrons. The Morgan fingerprint density at radius 2 is 2.19 bits per heavy atom. The maximum atomic E-state index is 13.7. The van der Waals surface area contributed by atoms with Gasteiger partial charge in [-0.1, -0.05) is 13.0 Å². The Bertz CT molecular complexity index is 496. The van der Waals surface area contributed by atoms with E-state index in [4.69, 9.17) is 4.74 Å². The molecule has 2 unspecified atom stereocenters. The number of hydrogen-bond donors (Lipinski definition) is 2. The number of halogens is 2. The van der Waals surface area contributed by atoms with E-state index >= 15 is 0 Å². The van der Waals surface area contributed by atoms with Crippen molar-refractivity contribution in [3.63, 3.8) is 0 Å². The molecule has 0 spiro atoms. The highest BCUT2D eigenvalue weighted by atomic mass is 127. The van der Waals surface area contributed by atoms with Crippen molar-refractivity contribution in [2.24, 2.45) is 10.9 Å². The van der Waals surface area contributed by atoms with E-state index in [0.29, 0.717) is 30.9 Å². The van der Waals surface area contributed by atoms with Gasteiger partial charge in [0.25, 0.3) is 0 Å². The smallest absolute Gasteiger partial charge is 0.191 e. The number of benzene rings is 1. The van der Waals surface area contributed by atoms with Gasteiger partial charge < -0.3 is 15.4 Å². The van der Waals surface area contributed by atoms with E-state index in [2.05, 4.69) is 22.5 Å². The van der Waals surface area contributed by atoms with Gasteiger partial charge in [-0.3, -0.25) is 4.99 Å². The third kappa shape index (κ3) is 5.33. The van der Waals surface area contributed by atoms with Gasteiger partial charge in [0.2, 0.25) is 0 Å². The molecule has 6 heteroatoms. The fraction of sp³-hybridized carbons (Fsp3) is 0.533. The van der Waals surface area contributed by atoms with Crippen molar-refractivity contribution < 1.29 is 9.13 Å². The molecule has 1 aromatic rings. The number of guanidine groups is 1. The van der Waals surface area contributed by atoms with Crippen molar-refractivity contribution >= 4 is 29.9 Å². The molecule has 1 aliphatic rings. The van der Waals surface area contributed by atoms with Crippen LogP contribution in [0.15, 0.2) is 23.2 Å². The highest BCUT2D eigenvalue weighted by Gasteiger charge is 2.33. The molecule has 1 fully saturated rings.